The molecule has 0 amide bonds. The zero-order chi connectivity index (χ0) is 16.4. The Kier molecular flexibility index (Phi) is 4.38. The summed E-state index contributed by atoms with van der Waals surface area (Å²) in [6.07, 6.45) is 5.10. The van der Waals surface area contributed by atoms with E-state index in [0.29, 0.717) is 19.1 Å². The van der Waals surface area contributed by atoms with Gasteiger partial charge in [0.15, 0.2) is 11.5 Å². The zero-order valence-corrected chi connectivity index (χ0v) is 14.1. The maximum atomic E-state index is 5.68. The van der Waals surface area contributed by atoms with Gasteiger partial charge in [-0.25, -0.2) is 9.67 Å². The topological polar surface area (TPSA) is 52.4 Å². The molecule has 3 heterocycles. The SMILES string of the molecule is CCN1CCC(Cc2ncnn2-c2ccc3c(c2)OCCO3)CC1. The zero-order valence-electron chi connectivity index (χ0n) is 14.1. The third-order valence-corrected chi connectivity index (χ3v) is 5.01. The van der Waals surface area contributed by atoms with Crippen LogP contribution in [0, 0.1) is 5.92 Å². The second-order valence-electron chi connectivity index (χ2n) is 6.50. The lowest BCUT2D eigenvalue weighted by Crippen LogP contribution is -2.34. The molecule has 0 spiro atoms. The summed E-state index contributed by atoms with van der Waals surface area (Å²) in [5.74, 6) is 3.31. The van der Waals surface area contributed by atoms with Gasteiger partial charge in [-0.05, 0) is 50.5 Å². The standard InChI is InChI=1S/C18H24N4O2/c1-2-21-7-5-14(6-8-21)11-18-19-13-20-22(18)15-3-4-16-17(12-15)24-10-9-23-16/h3-4,12-14H,2,5-11H2,1H3. The Labute approximate surface area is 142 Å². The van der Waals surface area contributed by atoms with Gasteiger partial charge in [0.2, 0.25) is 0 Å². The maximum absolute atomic E-state index is 5.68. The van der Waals surface area contributed by atoms with Crippen LogP contribution in [-0.2, 0) is 6.42 Å². The maximum Gasteiger partial charge on any atom is 0.163 e. The first-order valence-electron chi connectivity index (χ1n) is 8.84. The van der Waals surface area contributed by atoms with Crippen molar-refractivity contribution in [3.63, 3.8) is 0 Å². The molecule has 4 rings (SSSR count). The summed E-state index contributed by atoms with van der Waals surface area (Å²) in [6, 6.07) is 5.97. The number of nitrogens with zero attached hydrogens (tertiary/aromatic N) is 4. The van der Waals surface area contributed by atoms with Crippen LogP contribution >= 0.6 is 0 Å². The molecule has 128 valence electrons. The highest BCUT2D eigenvalue weighted by atomic mass is 16.6. The molecule has 1 aromatic carbocycles. The van der Waals surface area contributed by atoms with E-state index < -0.39 is 0 Å². The largest absolute Gasteiger partial charge is 0.486 e. The summed E-state index contributed by atoms with van der Waals surface area (Å²) in [6.45, 7) is 6.98. The molecule has 2 aliphatic heterocycles. The van der Waals surface area contributed by atoms with Gasteiger partial charge < -0.3 is 14.4 Å². The van der Waals surface area contributed by atoms with Crippen molar-refractivity contribution in [1.29, 1.82) is 0 Å². The fourth-order valence-electron chi connectivity index (χ4n) is 3.55. The van der Waals surface area contributed by atoms with Gasteiger partial charge in [0.25, 0.3) is 0 Å². The number of ether oxygens (including phenoxy) is 2. The molecule has 6 heteroatoms. The summed E-state index contributed by atoms with van der Waals surface area (Å²) in [4.78, 5) is 7.02. The van der Waals surface area contributed by atoms with Crippen LogP contribution in [0.3, 0.4) is 0 Å². The van der Waals surface area contributed by atoms with Crippen LogP contribution in [0.4, 0.5) is 0 Å². The quantitative estimate of drug-likeness (QED) is 0.862. The number of aromatic nitrogens is 3. The molecule has 1 aromatic heterocycles. The molecule has 1 saturated heterocycles. The Morgan fingerprint density at radius 1 is 1.12 bits per heavy atom. The summed E-state index contributed by atoms with van der Waals surface area (Å²) in [7, 11) is 0. The number of likely N-dealkylation sites (tertiary alicyclic amines) is 1. The van der Waals surface area contributed by atoms with E-state index in [0.717, 1.165) is 36.0 Å². The van der Waals surface area contributed by atoms with E-state index >= 15 is 0 Å². The molecule has 0 N–H and O–H groups in total. The number of piperidine rings is 1. The number of fused-ring (bicyclic) bond motifs is 1. The van der Waals surface area contributed by atoms with Gasteiger partial charge in [-0.3, -0.25) is 0 Å². The lowest BCUT2D eigenvalue weighted by atomic mass is 9.93. The highest BCUT2D eigenvalue weighted by Crippen LogP contribution is 2.32. The van der Waals surface area contributed by atoms with E-state index in [4.69, 9.17) is 9.47 Å². The van der Waals surface area contributed by atoms with Crippen molar-refractivity contribution in [3.8, 4) is 17.2 Å². The third-order valence-electron chi connectivity index (χ3n) is 5.01. The Morgan fingerprint density at radius 3 is 2.71 bits per heavy atom. The van der Waals surface area contributed by atoms with Crippen molar-refractivity contribution in [1.82, 2.24) is 19.7 Å². The Balaban J connectivity index is 1.50. The Morgan fingerprint density at radius 2 is 1.92 bits per heavy atom. The van der Waals surface area contributed by atoms with Crippen LogP contribution in [0.25, 0.3) is 5.69 Å². The van der Waals surface area contributed by atoms with E-state index in [9.17, 15) is 0 Å². The molecule has 0 bridgehead atoms. The summed E-state index contributed by atoms with van der Waals surface area (Å²) < 4.78 is 13.2. The number of rotatable bonds is 4. The monoisotopic (exact) mass is 328 g/mol. The van der Waals surface area contributed by atoms with Gasteiger partial charge in [0.05, 0.1) is 5.69 Å². The highest BCUT2D eigenvalue weighted by molar-refractivity contribution is 5.49. The van der Waals surface area contributed by atoms with E-state index in [2.05, 4.69) is 21.9 Å². The van der Waals surface area contributed by atoms with Crippen LogP contribution in [0.15, 0.2) is 24.5 Å². The molecule has 2 aliphatic rings. The number of hydrogen-bond acceptors (Lipinski definition) is 5. The average molecular weight is 328 g/mol. The van der Waals surface area contributed by atoms with Crippen molar-refractivity contribution in [2.24, 2.45) is 5.92 Å². The molecule has 0 saturated carbocycles. The highest BCUT2D eigenvalue weighted by Gasteiger charge is 2.21. The molecular weight excluding hydrogens is 304 g/mol. The first-order chi connectivity index (χ1) is 11.8. The number of hydrogen-bond donors (Lipinski definition) is 0. The predicted octanol–water partition coefficient (Wildman–Crippen LogP) is 2.31. The van der Waals surface area contributed by atoms with Crippen LogP contribution in [0.2, 0.25) is 0 Å². The Hall–Kier alpha value is -2.08. The van der Waals surface area contributed by atoms with Gasteiger partial charge in [0, 0.05) is 12.5 Å². The molecular formula is C18H24N4O2. The summed E-state index contributed by atoms with van der Waals surface area (Å²) in [5.41, 5.74) is 0.984. The summed E-state index contributed by atoms with van der Waals surface area (Å²) in [5, 5.41) is 4.43. The van der Waals surface area contributed by atoms with Crippen LogP contribution in [0.5, 0.6) is 11.5 Å². The first-order valence-corrected chi connectivity index (χ1v) is 8.84. The molecule has 0 atom stereocenters. The Bertz CT molecular complexity index is 692. The van der Waals surface area contributed by atoms with Gasteiger partial charge in [-0.2, -0.15) is 5.10 Å². The predicted molar refractivity (Wildman–Crippen MR) is 90.9 cm³/mol. The van der Waals surface area contributed by atoms with Gasteiger partial charge in [-0.15, -0.1) is 0 Å². The smallest absolute Gasteiger partial charge is 0.163 e. The first kappa shape index (κ1) is 15.4. The minimum atomic E-state index is 0.594. The summed E-state index contributed by atoms with van der Waals surface area (Å²) >= 11 is 0. The minimum absolute atomic E-state index is 0.594. The molecule has 0 unspecified atom stereocenters. The fourth-order valence-corrected chi connectivity index (χ4v) is 3.55. The average Bonchev–Trinajstić information content (AvgIpc) is 3.10. The van der Waals surface area contributed by atoms with E-state index in [-0.39, 0.29) is 0 Å². The molecule has 0 aliphatic carbocycles. The van der Waals surface area contributed by atoms with Gasteiger partial charge in [0.1, 0.15) is 25.4 Å². The van der Waals surface area contributed by atoms with Crippen molar-refractivity contribution < 1.29 is 9.47 Å². The lowest BCUT2D eigenvalue weighted by molar-refractivity contribution is 0.171. The molecule has 0 radical (unpaired) electrons. The molecule has 1 fully saturated rings. The molecule has 2 aromatic rings. The second kappa shape index (κ2) is 6.81. The normalized spacial score (nSPS) is 18.7. The fraction of sp³-hybridized carbons (Fsp3) is 0.556. The van der Waals surface area contributed by atoms with Gasteiger partial charge in [-0.1, -0.05) is 6.92 Å². The van der Waals surface area contributed by atoms with Crippen LogP contribution < -0.4 is 9.47 Å². The third kappa shape index (κ3) is 3.11. The van der Waals surface area contributed by atoms with Crippen molar-refractivity contribution in [3.05, 3.63) is 30.4 Å². The molecule has 24 heavy (non-hydrogen) atoms. The van der Waals surface area contributed by atoms with E-state index in [1.165, 1.54) is 25.9 Å². The van der Waals surface area contributed by atoms with Gasteiger partial charge >= 0.3 is 0 Å². The van der Waals surface area contributed by atoms with E-state index in [1.807, 2.05) is 22.9 Å². The molecule has 6 nitrogen and oxygen atoms in total. The van der Waals surface area contributed by atoms with Crippen molar-refractivity contribution >= 4 is 0 Å². The van der Waals surface area contributed by atoms with Crippen molar-refractivity contribution in [2.45, 2.75) is 26.2 Å². The number of benzene rings is 1. The van der Waals surface area contributed by atoms with Crippen LogP contribution in [-0.4, -0.2) is 52.5 Å². The van der Waals surface area contributed by atoms with Crippen molar-refractivity contribution in [2.75, 3.05) is 32.8 Å². The minimum Gasteiger partial charge on any atom is -0.486 e. The second-order valence-corrected chi connectivity index (χ2v) is 6.50. The van der Waals surface area contributed by atoms with Crippen LogP contribution in [0.1, 0.15) is 25.6 Å². The lowest BCUT2D eigenvalue weighted by Gasteiger charge is -2.30. The van der Waals surface area contributed by atoms with E-state index in [1.54, 1.807) is 6.33 Å².